The van der Waals surface area contributed by atoms with Gasteiger partial charge in [-0.2, -0.15) is 0 Å². The minimum Gasteiger partial charge on any atom is -0.465 e. The van der Waals surface area contributed by atoms with E-state index >= 15 is 0 Å². The number of methoxy groups -OCH3 is 2. The second-order valence-electron chi connectivity index (χ2n) is 2.87. The van der Waals surface area contributed by atoms with Crippen LogP contribution in [-0.4, -0.2) is 43.8 Å². The Hall–Kier alpha value is -0.650. The number of esters is 1. The van der Waals surface area contributed by atoms with Crippen LogP contribution in [0.5, 0.6) is 0 Å². The van der Waals surface area contributed by atoms with Crippen molar-refractivity contribution in [3.8, 4) is 0 Å². The Balaban J connectivity index is 2.82. The van der Waals surface area contributed by atoms with Crippen molar-refractivity contribution in [1.82, 2.24) is 0 Å². The van der Waals surface area contributed by atoms with E-state index in [0.29, 0.717) is 19.4 Å². The van der Waals surface area contributed by atoms with Gasteiger partial charge in [0.15, 0.2) is 0 Å². The van der Waals surface area contributed by atoms with Crippen molar-refractivity contribution in [1.29, 1.82) is 0 Å². The van der Waals surface area contributed by atoms with Crippen LogP contribution in [0.2, 0.25) is 0 Å². The molecule has 1 aliphatic rings. The number of aliphatic hydroxyl groups is 1. The first-order valence-electron chi connectivity index (χ1n) is 4.13. The number of carbonyl (C=O) groups excluding carboxylic acids is 1. The molecular weight excluding hydrogens is 176 g/mol. The van der Waals surface area contributed by atoms with Gasteiger partial charge in [0.1, 0.15) is 6.10 Å². The Morgan fingerprint density at radius 1 is 1.62 bits per heavy atom. The van der Waals surface area contributed by atoms with Crippen LogP contribution >= 0.6 is 0 Å². The lowest BCUT2D eigenvalue weighted by atomic mass is 10.0. The second kappa shape index (κ2) is 4.04. The Bertz CT molecular complexity index is 193. The van der Waals surface area contributed by atoms with E-state index in [9.17, 15) is 9.90 Å². The fourth-order valence-electron chi connectivity index (χ4n) is 1.40. The molecule has 1 fully saturated rings. The van der Waals surface area contributed by atoms with Gasteiger partial charge in [0.2, 0.25) is 0 Å². The summed E-state index contributed by atoms with van der Waals surface area (Å²) in [5, 5.41) is 9.57. The van der Waals surface area contributed by atoms with E-state index in [1.807, 2.05) is 0 Å². The van der Waals surface area contributed by atoms with Crippen LogP contribution in [0.3, 0.4) is 0 Å². The lowest BCUT2D eigenvalue weighted by Crippen LogP contribution is -2.56. The maximum absolute atomic E-state index is 11.3. The molecule has 0 aromatic heterocycles. The fraction of sp³-hybridized carbons (Fsp3) is 0.875. The summed E-state index contributed by atoms with van der Waals surface area (Å²) < 4.78 is 14.5. The molecule has 1 N–H and O–H groups in total. The minimum atomic E-state index is -1.62. The molecule has 2 unspecified atom stereocenters. The monoisotopic (exact) mass is 190 g/mol. The smallest absolute Gasteiger partial charge is 0.369 e. The summed E-state index contributed by atoms with van der Waals surface area (Å²) in [7, 11) is 2.54. The largest absolute Gasteiger partial charge is 0.465 e. The first kappa shape index (κ1) is 10.4. The molecule has 0 aliphatic carbocycles. The van der Waals surface area contributed by atoms with E-state index in [1.165, 1.54) is 14.2 Å². The molecule has 0 saturated carbocycles. The Kier molecular flexibility index (Phi) is 3.24. The standard InChI is InChI=1S/C8H14O5/c1-11-7(10)8(12-2)6(9)4-3-5-13-8/h6,9H,3-5H2,1-2H3. The maximum atomic E-state index is 11.3. The van der Waals surface area contributed by atoms with Gasteiger partial charge in [-0.25, -0.2) is 4.79 Å². The fourth-order valence-corrected chi connectivity index (χ4v) is 1.40. The third-order valence-corrected chi connectivity index (χ3v) is 2.15. The van der Waals surface area contributed by atoms with Crippen LogP contribution in [0.4, 0.5) is 0 Å². The Morgan fingerprint density at radius 2 is 2.31 bits per heavy atom. The average molecular weight is 190 g/mol. The summed E-state index contributed by atoms with van der Waals surface area (Å²) in [6, 6.07) is 0. The van der Waals surface area contributed by atoms with Gasteiger partial charge in [0.25, 0.3) is 5.79 Å². The van der Waals surface area contributed by atoms with Crippen molar-refractivity contribution in [2.24, 2.45) is 0 Å². The zero-order chi connectivity index (χ0) is 9.90. The van der Waals surface area contributed by atoms with E-state index in [2.05, 4.69) is 4.74 Å². The van der Waals surface area contributed by atoms with E-state index in [0.717, 1.165) is 0 Å². The van der Waals surface area contributed by atoms with Crippen molar-refractivity contribution in [3.63, 3.8) is 0 Å². The van der Waals surface area contributed by atoms with Gasteiger partial charge in [-0.3, -0.25) is 0 Å². The van der Waals surface area contributed by atoms with Gasteiger partial charge in [-0.05, 0) is 12.8 Å². The van der Waals surface area contributed by atoms with Crippen molar-refractivity contribution in [3.05, 3.63) is 0 Å². The van der Waals surface area contributed by atoms with Gasteiger partial charge in [-0.15, -0.1) is 0 Å². The van der Waals surface area contributed by atoms with Crippen molar-refractivity contribution in [2.45, 2.75) is 24.7 Å². The topological polar surface area (TPSA) is 65.0 Å². The predicted molar refractivity (Wildman–Crippen MR) is 42.9 cm³/mol. The van der Waals surface area contributed by atoms with E-state index < -0.39 is 17.9 Å². The van der Waals surface area contributed by atoms with Crippen molar-refractivity contribution >= 4 is 5.97 Å². The van der Waals surface area contributed by atoms with Gasteiger partial charge in [0.05, 0.1) is 13.7 Å². The number of carbonyl (C=O) groups is 1. The summed E-state index contributed by atoms with van der Waals surface area (Å²) in [6.07, 6.45) is 0.227. The molecule has 76 valence electrons. The molecule has 13 heavy (non-hydrogen) atoms. The van der Waals surface area contributed by atoms with Crippen LogP contribution in [0.15, 0.2) is 0 Å². The highest BCUT2D eigenvalue weighted by molar-refractivity contribution is 5.78. The molecule has 5 heteroatoms. The van der Waals surface area contributed by atoms with Crippen LogP contribution in [0.1, 0.15) is 12.8 Å². The summed E-state index contributed by atoms with van der Waals surface area (Å²) in [6.45, 7) is 0.389. The summed E-state index contributed by atoms with van der Waals surface area (Å²) >= 11 is 0. The van der Waals surface area contributed by atoms with Gasteiger partial charge >= 0.3 is 5.97 Å². The Labute approximate surface area is 76.6 Å². The van der Waals surface area contributed by atoms with Gasteiger partial charge < -0.3 is 19.3 Å². The van der Waals surface area contributed by atoms with Gasteiger partial charge in [0, 0.05) is 7.11 Å². The number of hydrogen-bond donors (Lipinski definition) is 1. The summed E-state index contributed by atoms with van der Waals surface area (Å²) in [4.78, 5) is 11.3. The first-order valence-corrected chi connectivity index (χ1v) is 4.13. The average Bonchev–Trinajstić information content (AvgIpc) is 2.18. The van der Waals surface area contributed by atoms with Crippen LogP contribution in [-0.2, 0) is 19.0 Å². The predicted octanol–water partition coefficient (Wildman–Crippen LogP) is -0.327. The molecule has 0 radical (unpaired) electrons. The summed E-state index contributed by atoms with van der Waals surface area (Å²) in [5.74, 6) is -2.31. The van der Waals surface area contributed by atoms with E-state index in [1.54, 1.807) is 0 Å². The van der Waals surface area contributed by atoms with Gasteiger partial charge in [-0.1, -0.05) is 0 Å². The molecule has 0 bridgehead atoms. The normalized spacial score (nSPS) is 34.2. The third kappa shape index (κ3) is 1.67. The van der Waals surface area contributed by atoms with E-state index in [4.69, 9.17) is 9.47 Å². The van der Waals surface area contributed by atoms with Crippen LogP contribution < -0.4 is 0 Å². The number of hydrogen-bond acceptors (Lipinski definition) is 5. The maximum Gasteiger partial charge on any atom is 0.369 e. The van der Waals surface area contributed by atoms with Crippen molar-refractivity contribution in [2.75, 3.05) is 20.8 Å². The zero-order valence-corrected chi connectivity index (χ0v) is 7.78. The summed E-state index contributed by atoms with van der Waals surface area (Å²) in [5.41, 5.74) is 0. The molecule has 2 atom stereocenters. The van der Waals surface area contributed by atoms with Crippen molar-refractivity contribution < 1.29 is 24.1 Å². The lowest BCUT2D eigenvalue weighted by molar-refractivity contribution is -0.285. The highest BCUT2D eigenvalue weighted by atomic mass is 16.7. The molecule has 0 aromatic rings. The molecule has 1 saturated heterocycles. The number of ether oxygens (including phenoxy) is 3. The highest BCUT2D eigenvalue weighted by Gasteiger charge is 2.50. The molecule has 1 aliphatic heterocycles. The molecule has 0 spiro atoms. The molecule has 5 nitrogen and oxygen atoms in total. The molecule has 0 aromatic carbocycles. The number of rotatable bonds is 2. The third-order valence-electron chi connectivity index (χ3n) is 2.15. The van der Waals surface area contributed by atoms with E-state index in [-0.39, 0.29) is 0 Å². The SMILES string of the molecule is COC(=O)C1(OC)OCCCC1O. The molecular formula is C8H14O5. The second-order valence-corrected chi connectivity index (χ2v) is 2.87. The van der Waals surface area contributed by atoms with Crippen LogP contribution in [0.25, 0.3) is 0 Å². The number of aliphatic hydroxyl groups excluding tert-OH is 1. The Morgan fingerprint density at radius 3 is 2.77 bits per heavy atom. The zero-order valence-electron chi connectivity index (χ0n) is 7.78. The lowest BCUT2D eigenvalue weighted by Gasteiger charge is -2.36. The highest BCUT2D eigenvalue weighted by Crippen LogP contribution is 2.27. The van der Waals surface area contributed by atoms with Crippen LogP contribution in [0, 0.1) is 0 Å². The molecule has 1 rings (SSSR count). The molecule has 1 heterocycles. The first-order chi connectivity index (χ1) is 6.17. The molecule has 0 amide bonds. The minimum absolute atomic E-state index is 0.389. The quantitative estimate of drug-likeness (QED) is 0.604.